The number of carbonyl (C=O) groups is 3. The fourth-order valence-electron chi connectivity index (χ4n) is 4.91. The van der Waals surface area contributed by atoms with Crippen LogP contribution in [0.15, 0.2) is 60.8 Å². The van der Waals surface area contributed by atoms with Crippen LogP contribution in [0.1, 0.15) is 33.2 Å². The normalized spacial score (nSPS) is 12.9. The van der Waals surface area contributed by atoms with Gasteiger partial charge in [0.2, 0.25) is 5.91 Å². The van der Waals surface area contributed by atoms with Crippen LogP contribution >= 0.6 is 23.2 Å². The molecule has 0 radical (unpaired) electrons. The van der Waals surface area contributed by atoms with Gasteiger partial charge in [0, 0.05) is 30.2 Å². The maximum Gasteiger partial charge on any atom is 0.420 e. The molecule has 4 rings (SSSR count). The number of nitrogens with two attached hydrogens (primary N) is 1. The van der Waals surface area contributed by atoms with Gasteiger partial charge in [0.05, 0.1) is 52.6 Å². The van der Waals surface area contributed by atoms with Crippen LogP contribution in [-0.2, 0) is 4.79 Å². The minimum absolute atomic E-state index is 0.0311. The number of primary amides is 1. The summed E-state index contributed by atoms with van der Waals surface area (Å²) >= 11 is 12.3. The van der Waals surface area contributed by atoms with E-state index in [2.05, 4.69) is 10.4 Å². The Balaban J connectivity index is 1.64. The summed E-state index contributed by atoms with van der Waals surface area (Å²) in [7, 11) is 1.44. The molecule has 3 amide bonds. The first-order valence-corrected chi connectivity index (χ1v) is 14.7. The first-order chi connectivity index (χ1) is 21.6. The lowest BCUT2D eigenvalue weighted by atomic mass is 10.0. The standard InChI is InChI=1S/C31H31Cl2F3N6O4/c1-4-41(29(45)27-22(32)9-6-10-23(27)33)17-30(46,31(34,35)36)16-38-24-11-18(2)12-25-21(24)14-39-42(25)20-8-5-7-19(13-20)28(44)40(3)15-26(37)43/h5-14,38,46H,4,15-17H2,1-3H3,(H2,37,43). The summed E-state index contributed by atoms with van der Waals surface area (Å²) in [5, 5.41) is 18.5. The molecule has 1 heterocycles. The zero-order chi connectivity index (χ0) is 34.0. The lowest BCUT2D eigenvalue weighted by molar-refractivity contribution is -0.257. The molecule has 4 aromatic rings. The number of likely N-dealkylation sites (N-methyl/N-ethyl adjacent to an activating group) is 2. The van der Waals surface area contributed by atoms with E-state index in [0.29, 0.717) is 22.2 Å². The zero-order valence-electron chi connectivity index (χ0n) is 25.0. The maximum absolute atomic E-state index is 14.4. The lowest BCUT2D eigenvalue weighted by Crippen LogP contribution is -2.58. The van der Waals surface area contributed by atoms with Crippen molar-refractivity contribution in [1.29, 1.82) is 0 Å². The maximum atomic E-state index is 14.4. The van der Waals surface area contributed by atoms with Gasteiger partial charge in [-0.15, -0.1) is 0 Å². The molecule has 0 aliphatic heterocycles. The number of rotatable bonds is 11. The van der Waals surface area contributed by atoms with Crippen molar-refractivity contribution in [3.8, 4) is 5.69 Å². The Hall–Kier alpha value is -4.33. The molecule has 10 nitrogen and oxygen atoms in total. The molecule has 0 saturated carbocycles. The third kappa shape index (κ3) is 7.22. The van der Waals surface area contributed by atoms with Crippen molar-refractivity contribution in [2.45, 2.75) is 25.6 Å². The van der Waals surface area contributed by atoms with Gasteiger partial charge in [-0.1, -0.05) is 35.3 Å². The molecule has 244 valence electrons. The largest absolute Gasteiger partial charge is 0.420 e. The Kier molecular flexibility index (Phi) is 10.2. The van der Waals surface area contributed by atoms with Crippen LogP contribution in [0.25, 0.3) is 16.6 Å². The smallest absolute Gasteiger partial charge is 0.381 e. The van der Waals surface area contributed by atoms with Crippen LogP contribution in [-0.4, -0.2) is 87.4 Å². The van der Waals surface area contributed by atoms with Gasteiger partial charge in [0.25, 0.3) is 11.8 Å². The number of carbonyl (C=O) groups excluding carboxylic acids is 3. The van der Waals surface area contributed by atoms with E-state index in [4.69, 9.17) is 28.9 Å². The van der Waals surface area contributed by atoms with E-state index in [9.17, 15) is 32.7 Å². The molecule has 46 heavy (non-hydrogen) atoms. The summed E-state index contributed by atoms with van der Waals surface area (Å²) in [4.78, 5) is 39.3. The number of nitrogens with zero attached hydrogens (tertiary/aromatic N) is 4. The summed E-state index contributed by atoms with van der Waals surface area (Å²) < 4.78 is 44.8. The van der Waals surface area contributed by atoms with Gasteiger partial charge in [-0.05, 0) is 61.9 Å². The van der Waals surface area contributed by atoms with E-state index in [1.807, 2.05) is 0 Å². The molecule has 0 saturated heterocycles. The summed E-state index contributed by atoms with van der Waals surface area (Å²) in [6.07, 6.45) is -3.70. The molecule has 0 fully saturated rings. The Morgan fingerprint density at radius 3 is 2.30 bits per heavy atom. The number of hydrogen-bond acceptors (Lipinski definition) is 6. The van der Waals surface area contributed by atoms with Crippen molar-refractivity contribution >= 4 is 57.5 Å². The van der Waals surface area contributed by atoms with Crippen LogP contribution < -0.4 is 11.1 Å². The number of aryl methyl sites for hydroxylation is 1. The molecule has 0 bridgehead atoms. The quantitative estimate of drug-likeness (QED) is 0.203. The van der Waals surface area contributed by atoms with E-state index in [-0.39, 0.29) is 39.9 Å². The number of halogens is 5. The highest BCUT2D eigenvalue weighted by Crippen LogP contribution is 2.35. The Bertz CT molecular complexity index is 1780. The number of benzene rings is 3. The molecular weight excluding hydrogens is 648 g/mol. The minimum Gasteiger partial charge on any atom is -0.381 e. The number of anilines is 1. The van der Waals surface area contributed by atoms with Crippen molar-refractivity contribution in [2.75, 3.05) is 38.5 Å². The van der Waals surface area contributed by atoms with E-state index >= 15 is 0 Å². The number of nitrogens with one attached hydrogen (secondary N) is 1. The molecule has 0 aliphatic carbocycles. The third-order valence-electron chi connectivity index (χ3n) is 7.31. The van der Waals surface area contributed by atoms with Crippen molar-refractivity contribution in [1.82, 2.24) is 19.6 Å². The molecule has 4 N–H and O–H groups in total. The number of fused-ring (bicyclic) bond motifs is 1. The van der Waals surface area contributed by atoms with Gasteiger partial charge in [-0.3, -0.25) is 14.4 Å². The Morgan fingerprint density at radius 2 is 1.70 bits per heavy atom. The highest BCUT2D eigenvalue weighted by molar-refractivity contribution is 6.39. The molecular formula is C31H31Cl2F3N6O4. The second kappa shape index (κ2) is 13.6. The monoisotopic (exact) mass is 678 g/mol. The summed E-state index contributed by atoms with van der Waals surface area (Å²) in [5.74, 6) is -1.97. The second-order valence-corrected chi connectivity index (χ2v) is 11.6. The molecule has 1 unspecified atom stereocenters. The number of aromatic nitrogens is 2. The predicted octanol–water partition coefficient (Wildman–Crippen LogP) is 5.07. The van der Waals surface area contributed by atoms with Gasteiger partial charge >= 0.3 is 6.18 Å². The van der Waals surface area contributed by atoms with Crippen molar-refractivity contribution in [3.63, 3.8) is 0 Å². The van der Waals surface area contributed by atoms with Crippen LogP contribution in [0.4, 0.5) is 18.9 Å². The second-order valence-electron chi connectivity index (χ2n) is 10.8. The van der Waals surface area contributed by atoms with Gasteiger partial charge in [-0.25, -0.2) is 4.68 Å². The molecule has 1 aromatic heterocycles. The summed E-state index contributed by atoms with van der Waals surface area (Å²) in [6, 6.07) is 14.1. The summed E-state index contributed by atoms with van der Waals surface area (Å²) in [6.45, 7) is 0.672. The van der Waals surface area contributed by atoms with Crippen LogP contribution in [0, 0.1) is 6.92 Å². The SMILES string of the molecule is CCN(CC(O)(CNc1cc(C)cc2c1cnn2-c1cccc(C(=O)N(C)CC(N)=O)c1)C(F)(F)F)C(=O)c1c(Cl)cccc1Cl. The Morgan fingerprint density at radius 1 is 1.04 bits per heavy atom. The topological polar surface area (TPSA) is 134 Å². The van der Waals surface area contributed by atoms with Crippen LogP contribution in [0.2, 0.25) is 10.0 Å². The molecule has 15 heteroatoms. The highest BCUT2D eigenvalue weighted by Gasteiger charge is 2.55. The predicted molar refractivity (Wildman–Crippen MR) is 169 cm³/mol. The van der Waals surface area contributed by atoms with Gasteiger partial charge < -0.3 is 26.0 Å². The minimum atomic E-state index is -5.14. The van der Waals surface area contributed by atoms with Crippen molar-refractivity contribution in [2.24, 2.45) is 5.73 Å². The van der Waals surface area contributed by atoms with Gasteiger partial charge in [-0.2, -0.15) is 18.3 Å². The zero-order valence-corrected chi connectivity index (χ0v) is 26.5. The average molecular weight is 680 g/mol. The van der Waals surface area contributed by atoms with Crippen LogP contribution in [0.5, 0.6) is 0 Å². The number of amides is 3. The number of aliphatic hydroxyl groups is 1. The first-order valence-electron chi connectivity index (χ1n) is 13.9. The molecule has 0 spiro atoms. The van der Waals surface area contributed by atoms with Gasteiger partial charge in [0.15, 0.2) is 5.60 Å². The first kappa shape index (κ1) is 34.5. The Labute approximate surface area is 272 Å². The molecule has 0 aliphatic rings. The van der Waals surface area contributed by atoms with Gasteiger partial charge in [0.1, 0.15) is 0 Å². The average Bonchev–Trinajstić information content (AvgIpc) is 3.41. The highest BCUT2D eigenvalue weighted by atomic mass is 35.5. The molecule has 3 aromatic carbocycles. The summed E-state index contributed by atoms with van der Waals surface area (Å²) in [5.41, 5.74) is 3.83. The van der Waals surface area contributed by atoms with E-state index in [1.54, 1.807) is 43.3 Å². The fraction of sp³-hybridized carbons (Fsp3) is 0.290. The lowest BCUT2D eigenvalue weighted by Gasteiger charge is -2.36. The van der Waals surface area contributed by atoms with Crippen molar-refractivity contribution < 1.29 is 32.7 Å². The van der Waals surface area contributed by atoms with E-state index in [0.717, 1.165) is 4.90 Å². The number of alkyl halides is 3. The molecule has 1 atom stereocenters. The van der Waals surface area contributed by atoms with E-state index < -0.39 is 42.6 Å². The number of hydrogen-bond donors (Lipinski definition) is 3. The van der Waals surface area contributed by atoms with Crippen LogP contribution in [0.3, 0.4) is 0 Å². The van der Waals surface area contributed by atoms with E-state index in [1.165, 1.54) is 47.9 Å². The third-order valence-corrected chi connectivity index (χ3v) is 7.94. The van der Waals surface area contributed by atoms with Crippen molar-refractivity contribution in [3.05, 3.63) is 87.5 Å². The fourth-order valence-corrected chi connectivity index (χ4v) is 5.47.